The summed E-state index contributed by atoms with van der Waals surface area (Å²) in [5.41, 5.74) is 0.0949. The van der Waals surface area contributed by atoms with E-state index in [1.54, 1.807) is 0 Å². The van der Waals surface area contributed by atoms with Crippen molar-refractivity contribution >= 4 is 0 Å². The monoisotopic (exact) mass is 162 g/mol. The number of alkyl halides is 2. The van der Waals surface area contributed by atoms with Gasteiger partial charge in [0.1, 0.15) is 6.10 Å². The molecular weight excluding hydrogens is 154 g/mol. The number of hydrogen-bond donors (Lipinski definition) is 1. The van der Waals surface area contributed by atoms with Crippen LogP contribution in [0.15, 0.2) is 23.0 Å². The van der Waals surface area contributed by atoms with Gasteiger partial charge < -0.3 is 9.52 Å². The summed E-state index contributed by atoms with van der Waals surface area (Å²) in [5.74, 6) is -3.12. The van der Waals surface area contributed by atoms with Crippen molar-refractivity contribution in [1.82, 2.24) is 0 Å². The highest BCUT2D eigenvalue weighted by molar-refractivity contribution is 5.11. The highest BCUT2D eigenvalue weighted by Crippen LogP contribution is 2.30. The second-order valence-corrected chi connectivity index (χ2v) is 2.42. The maximum Gasteiger partial charge on any atom is 0.274 e. The molecule has 1 rings (SSSR count). The van der Waals surface area contributed by atoms with E-state index in [0.717, 1.165) is 6.26 Å². The third-order valence-corrected chi connectivity index (χ3v) is 1.34. The fourth-order valence-electron chi connectivity index (χ4n) is 0.723. The van der Waals surface area contributed by atoms with E-state index >= 15 is 0 Å². The Labute approximate surface area is 62.4 Å². The van der Waals surface area contributed by atoms with E-state index in [-0.39, 0.29) is 5.56 Å². The van der Waals surface area contributed by atoms with Gasteiger partial charge >= 0.3 is 0 Å². The Morgan fingerprint density at radius 2 is 2.27 bits per heavy atom. The predicted molar refractivity (Wildman–Crippen MR) is 34.3 cm³/mol. The van der Waals surface area contributed by atoms with Crippen LogP contribution in [0.2, 0.25) is 0 Å². The molecule has 4 heteroatoms. The molecule has 1 aromatic rings. The number of aliphatic hydroxyl groups excluding tert-OH is 1. The van der Waals surface area contributed by atoms with Crippen LogP contribution in [-0.2, 0) is 0 Å². The molecular formula is C7H8F2O2. The molecule has 0 aromatic carbocycles. The molecule has 0 radical (unpaired) electrons. The van der Waals surface area contributed by atoms with Crippen molar-refractivity contribution < 1.29 is 18.3 Å². The van der Waals surface area contributed by atoms with Crippen LogP contribution in [0.3, 0.4) is 0 Å². The van der Waals surface area contributed by atoms with Crippen LogP contribution in [0.4, 0.5) is 8.78 Å². The zero-order valence-corrected chi connectivity index (χ0v) is 5.92. The van der Waals surface area contributed by atoms with Crippen molar-refractivity contribution in [2.75, 3.05) is 0 Å². The first-order valence-corrected chi connectivity index (χ1v) is 3.10. The molecule has 0 bridgehead atoms. The molecule has 0 fully saturated rings. The SMILES string of the molecule is CC(F)(F)C(O)c1ccoc1. The molecule has 0 amide bonds. The topological polar surface area (TPSA) is 33.4 Å². The summed E-state index contributed by atoms with van der Waals surface area (Å²) < 4.78 is 29.3. The van der Waals surface area contributed by atoms with Crippen molar-refractivity contribution in [2.24, 2.45) is 0 Å². The van der Waals surface area contributed by atoms with Gasteiger partial charge in [0, 0.05) is 12.5 Å². The number of furan rings is 1. The van der Waals surface area contributed by atoms with Crippen molar-refractivity contribution in [2.45, 2.75) is 19.0 Å². The number of rotatable bonds is 2. The van der Waals surface area contributed by atoms with Crippen molar-refractivity contribution in [1.29, 1.82) is 0 Å². The van der Waals surface area contributed by atoms with Gasteiger partial charge in [0.25, 0.3) is 5.92 Å². The van der Waals surface area contributed by atoms with Crippen molar-refractivity contribution in [3.8, 4) is 0 Å². The first kappa shape index (κ1) is 8.20. The molecule has 1 heterocycles. The second kappa shape index (κ2) is 2.62. The molecule has 0 saturated heterocycles. The minimum atomic E-state index is -3.12. The van der Waals surface area contributed by atoms with Gasteiger partial charge in [-0.2, -0.15) is 0 Å². The van der Waals surface area contributed by atoms with Crippen LogP contribution < -0.4 is 0 Å². The summed E-state index contributed by atoms with van der Waals surface area (Å²) in [6, 6.07) is 1.31. The van der Waals surface area contributed by atoms with Crippen LogP contribution in [0.5, 0.6) is 0 Å². The normalized spacial score (nSPS) is 14.9. The summed E-state index contributed by atoms with van der Waals surface area (Å²) in [6.07, 6.45) is 0.563. The number of aliphatic hydroxyl groups is 1. The molecule has 0 saturated carbocycles. The fourth-order valence-corrected chi connectivity index (χ4v) is 0.723. The zero-order chi connectivity index (χ0) is 8.48. The van der Waals surface area contributed by atoms with Crippen molar-refractivity contribution in [3.63, 3.8) is 0 Å². The number of hydrogen-bond acceptors (Lipinski definition) is 2. The maximum atomic E-state index is 12.4. The highest BCUT2D eigenvalue weighted by atomic mass is 19.3. The van der Waals surface area contributed by atoms with Gasteiger partial charge in [-0.1, -0.05) is 0 Å². The lowest BCUT2D eigenvalue weighted by Crippen LogP contribution is -2.21. The lowest BCUT2D eigenvalue weighted by atomic mass is 10.1. The van der Waals surface area contributed by atoms with E-state index in [1.165, 1.54) is 12.3 Å². The average Bonchev–Trinajstić information content (AvgIpc) is 2.34. The lowest BCUT2D eigenvalue weighted by molar-refractivity contribution is -0.0956. The van der Waals surface area contributed by atoms with Crippen LogP contribution in [0.25, 0.3) is 0 Å². The quantitative estimate of drug-likeness (QED) is 0.721. The van der Waals surface area contributed by atoms with Gasteiger partial charge in [-0.15, -0.1) is 0 Å². The predicted octanol–water partition coefficient (Wildman–Crippen LogP) is 1.97. The van der Waals surface area contributed by atoms with Crippen LogP contribution in [-0.4, -0.2) is 11.0 Å². The summed E-state index contributed by atoms with van der Waals surface area (Å²) in [7, 11) is 0. The van der Waals surface area contributed by atoms with E-state index < -0.39 is 12.0 Å². The fraction of sp³-hybridized carbons (Fsp3) is 0.429. The van der Waals surface area contributed by atoms with E-state index in [4.69, 9.17) is 5.11 Å². The zero-order valence-electron chi connectivity index (χ0n) is 5.92. The third kappa shape index (κ3) is 1.77. The smallest absolute Gasteiger partial charge is 0.274 e. The minimum absolute atomic E-state index is 0.0949. The molecule has 0 aliphatic carbocycles. The van der Waals surface area contributed by atoms with E-state index in [2.05, 4.69) is 4.42 Å². The van der Waals surface area contributed by atoms with E-state index in [9.17, 15) is 8.78 Å². The van der Waals surface area contributed by atoms with Gasteiger partial charge in [0.15, 0.2) is 0 Å². The Bertz CT molecular complexity index is 213. The number of halogens is 2. The lowest BCUT2D eigenvalue weighted by Gasteiger charge is -2.15. The van der Waals surface area contributed by atoms with Gasteiger partial charge in [-0.05, 0) is 6.07 Å². The average molecular weight is 162 g/mol. The Morgan fingerprint density at radius 1 is 1.64 bits per heavy atom. The molecule has 2 nitrogen and oxygen atoms in total. The largest absolute Gasteiger partial charge is 0.472 e. The third-order valence-electron chi connectivity index (χ3n) is 1.34. The molecule has 1 aromatic heterocycles. The Kier molecular flexibility index (Phi) is 1.95. The van der Waals surface area contributed by atoms with Crippen LogP contribution in [0, 0.1) is 0 Å². The Morgan fingerprint density at radius 3 is 2.64 bits per heavy atom. The highest BCUT2D eigenvalue weighted by Gasteiger charge is 2.34. The summed E-state index contributed by atoms with van der Waals surface area (Å²) >= 11 is 0. The van der Waals surface area contributed by atoms with Gasteiger partial charge in [0.05, 0.1) is 12.5 Å². The maximum absolute atomic E-state index is 12.4. The molecule has 1 N–H and O–H groups in total. The Hall–Kier alpha value is -0.900. The molecule has 0 aliphatic rings. The van der Waals surface area contributed by atoms with Gasteiger partial charge in [0.2, 0.25) is 0 Å². The van der Waals surface area contributed by atoms with Crippen LogP contribution >= 0.6 is 0 Å². The summed E-state index contributed by atoms with van der Waals surface area (Å²) in [4.78, 5) is 0. The van der Waals surface area contributed by atoms with Crippen molar-refractivity contribution in [3.05, 3.63) is 24.2 Å². The summed E-state index contributed by atoms with van der Waals surface area (Å²) in [5, 5.41) is 8.94. The minimum Gasteiger partial charge on any atom is -0.472 e. The van der Waals surface area contributed by atoms with Gasteiger partial charge in [-0.3, -0.25) is 0 Å². The summed E-state index contributed by atoms with van der Waals surface area (Å²) in [6.45, 7) is 0.657. The molecule has 11 heavy (non-hydrogen) atoms. The van der Waals surface area contributed by atoms with E-state index in [1.807, 2.05) is 0 Å². The molecule has 62 valence electrons. The Balaban J connectivity index is 2.78. The van der Waals surface area contributed by atoms with E-state index in [0.29, 0.717) is 6.92 Å². The molecule has 0 spiro atoms. The molecule has 0 aliphatic heterocycles. The standard InChI is InChI=1S/C7H8F2O2/c1-7(8,9)6(10)5-2-3-11-4-5/h2-4,6,10H,1H3. The molecule has 1 unspecified atom stereocenters. The first-order valence-electron chi connectivity index (χ1n) is 3.10. The van der Waals surface area contributed by atoms with Gasteiger partial charge in [-0.25, -0.2) is 8.78 Å². The first-order chi connectivity index (χ1) is 5.02. The molecule has 1 atom stereocenters. The second-order valence-electron chi connectivity index (χ2n) is 2.42. The van der Waals surface area contributed by atoms with Crippen LogP contribution in [0.1, 0.15) is 18.6 Å².